The van der Waals surface area contributed by atoms with Crippen molar-refractivity contribution in [3.05, 3.63) is 72.2 Å². The molecule has 3 aromatic rings. The Hall–Kier alpha value is -3.62. The zero-order chi connectivity index (χ0) is 21.6. The summed E-state index contributed by atoms with van der Waals surface area (Å²) in [6, 6.07) is 15.2. The Bertz CT molecular complexity index is 1020. The molecule has 0 spiro atoms. The van der Waals surface area contributed by atoms with Crippen LogP contribution in [0.5, 0.6) is 0 Å². The molecule has 3 rings (SSSR count). The van der Waals surface area contributed by atoms with Crippen molar-refractivity contribution in [1.82, 2.24) is 10.3 Å². The van der Waals surface area contributed by atoms with Crippen LogP contribution in [0.25, 0.3) is 11.3 Å². The maximum atomic E-state index is 12.3. The summed E-state index contributed by atoms with van der Waals surface area (Å²) in [6.45, 7) is -1.46. The van der Waals surface area contributed by atoms with E-state index in [9.17, 15) is 22.8 Å². The van der Waals surface area contributed by atoms with Crippen molar-refractivity contribution in [3.8, 4) is 11.3 Å². The van der Waals surface area contributed by atoms with Gasteiger partial charge in [-0.25, -0.2) is 4.98 Å². The van der Waals surface area contributed by atoms with Gasteiger partial charge in [-0.05, 0) is 12.1 Å². The monoisotopic (exact) mass is 417 g/mol. The number of carbonyl (C=O) groups excluding carboxylic acids is 2. The lowest BCUT2D eigenvalue weighted by atomic mass is 10.1. The van der Waals surface area contributed by atoms with Gasteiger partial charge in [0.05, 0.1) is 17.4 Å². The largest absolute Gasteiger partial charge is 0.441 e. The third kappa shape index (κ3) is 5.94. The van der Waals surface area contributed by atoms with Gasteiger partial charge in [-0.1, -0.05) is 42.5 Å². The summed E-state index contributed by atoms with van der Waals surface area (Å²) in [4.78, 5) is 28.4. The molecule has 0 fully saturated rings. The molecule has 2 aromatic carbocycles. The highest BCUT2D eigenvalue weighted by Gasteiger charge is 2.28. The number of nitrogens with one attached hydrogen (secondary N) is 2. The molecule has 0 atom stereocenters. The first-order valence-corrected chi connectivity index (χ1v) is 9.06. The maximum Gasteiger partial charge on any atom is 0.405 e. The van der Waals surface area contributed by atoms with E-state index < -0.39 is 24.5 Å². The third-order valence-electron chi connectivity index (χ3n) is 4.07. The Labute approximate surface area is 170 Å². The van der Waals surface area contributed by atoms with E-state index in [1.165, 1.54) is 18.2 Å². The van der Waals surface area contributed by atoms with Crippen molar-refractivity contribution in [1.29, 1.82) is 0 Å². The van der Waals surface area contributed by atoms with Gasteiger partial charge in [0, 0.05) is 18.4 Å². The van der Waals surface area contributed by atoms with Crippen molar-refractivity contribution >= 4 is 17.5 Å². The SMILES string of the molecule is O=C(CCc1ncc(-c2ccccc2)o1)Nc1ccccc1C(=O)NCC(F)(F)F. The van der Waals surface area contributed by atoms with Gasteiger partial charge >= 0.3 is 6.18 Å². The Balaban J connectivity index is 1.58. The molecule has 0 saturated heterocycles. The maximum absolute atomic E-state index is 12.3. The van der Waals surface area contributed by atoms with E-state index in [2.05, 4.69) is 10.3 Å². The van der Waals surface area contributed by atoms with E-state index in [4.69, 9.17) is 4.42 Å². The Morgan fingerprint density at radius 2 is 1.70 bits per heavy atom. The summed E-state index contributed by atoms with van der Waals surface area (Å²) in [5.41, 5.74) is 0.927. The van der Waals surface area contributed by atoms with Gasteiger partial charge in [0.1, 0.15) is 6.54 Å². The van der Waals surface area contributed by atoms with Crippen LogP contribution in [0.4, 0.5) is 18.9 Å². The topological polar surface area (TPSA) is 84.2 Å². The summed E-state index contributed by atoms with van der Waals surface area (Å²) >= 11 is 0. The molecule has 1 heterocycles. The number of alkyl halides is 3. The first-order chi connectivity index (χ1) is 14.3. The van der Waals surface area contributed by atoms with Crippen LogP contribution in [0.3, 0.4) is 0 Å². The molecule has 1 aromatic heterocycles. The molecule has 30 heavy (non-hydrogen) atoms. The number of benzene rings is 2. The molecule has 0 bridgehead atoms. The number of rotatable bonds is 7. The molecule has 6 nitrogen and oxygen atoms in total. The fourth-order valence-corrected chi connectivity index (χ4v) is 2.66. The number of carbonyl (C=O) groups is 2. The van der Waals surface area contributed by atoms with Gasteiger partial charge in [0.25, 0.3) is 5.91 Å². The second-order valence-corrected chi connectivity index (χ2v) is 6.38. The zero-order valence-corrected chi connectivity index (χ0v) is 15.7. The molecule has 0 unspecified atom stereocenters. The number of anilines is 1. The van der Waals surface area contributed by atoms with Crippen molar-refractivity contribution in [2.45, 2.75) is 19.0 Å². The van der Waals surface area contributed by atoms with E-state index in [0.717, 1.165) is 5.56 Å². The molecule has 9 heteroatoms. The lowest BCUT2D eigenvalue weighted by Gasteiger charge is -2.12. The minimum Gasteiger partial charge on any atom is -0.441 e. The number of hydrogen-bond acceptors (Lipinski definition) is 4. The summed E-state index contributed by atoms with van der Waals surface area (Å²) in [6.07, 6.45) is -2.71. The number of para-hydroxylation sites is 1. The third-order valence-corrected chi connectivity index (χ3v) is 4.07. The average Bonchev–Trinajstić information content (AvgIpc) is 3.20. The minimum atomic E-state index is -4.53. The molecule has 0 radical (unpaired) electrons. The zero-order valence-electron chi connectivity index (χ0n) is 15.7. The minimum absolute atomic E-state index is 0.0211. The molecule has 2 N–H and O–H groups in total. The highest BCUT2D eigenvalue weighted by atomic mass is 19.4. The number of aromatic nitrogens is 1. The van der Waals surface area contributed by atoms with Crippen molar-refractivity contribution < 1.29 is 27.2 Å². The van der Waals surface area contributed by atoms with E-state index in [-0.39, 0.29) is 24.1 Å². The summed E-state index contributed by atoms with van der Waals surface area (Å²) in [5, 5.41) is 4.34. The van der Waals surface area contributed by atoms with E-state index in [1.54, 1.807) is 17.6 Å². The van der Waals surface area contributed by atoms with Gasteiger partial charge in [-0.15, -0.1) is 0 Å². The van der Waals surface area contributed by atoms with Crippen LogP contribution >= 0.6 is 0 Å². The Kier molecular flexibility index (Phi) is 6.51. The first kappa shape index (κ1) is 21.1. The summed E-state index contributed by atoms with van der Waals surface area (Å²) in [5.74, 6) is -0.396. The summed E-state index contributed by atoms with van der Waals surface area (Å²) < 4.78 is 42.6. The fourth-order valence-electron chi connectivity index (χ4n) is 2.66. The van der Waals surface area contributed by atoms with Crippen molar-refractivity contribution in [2.24, 2.45) is 0 Å². The van der Waals surface area contributed by atoms with Gasteiger partial charge < -0.3 is 15.1 Å². The predicted molar refractivity (Wildman–Crippen MR) is 104 cm³/mol. The van der Waals surface area contributed by atoms with E-state index >= 15 is 0 Å². The van der Waals surface area contributed by atoms with Gasteiger partial charge in [-0.3, -0.25) is 9.59 Å². The molecular formula is C21H18F3N3O3. The van der Waals surface area contributed by atoms with Crippen LogP contribution in [0.15, 0.2) is 65.2 Å². The Morgan fingerprint density at radius 3 is 2.43 bits per heavy atom. The van der Waals surface area contributed by atoms with Crippen LogP contribution in [-0.2, 0) is 11.2 Å². The molecule has 0 aliphatic rings. The lowest BCUT2D eigenvalue weighted by Crippen LogP contribution is -2.34. The van der Waals surface area contributed by atoms with Gasteiger partial charge in [0.2, 0.25) is 5.91 Å². The second-order valence-electron chi connectivity index (χ2n) is 6.38. The average molecular weight is 417 g/mol. The van der Waals surface area contributed by atoms with Crippen molar-refractivity contribution in [2.75, 3.05) is 11.9 Å². The fraction of sp³-hybridized carbons (Fsp3) is 0.190. The standard InChI is InChI=1S/C21H18F3N3O3/c22-21(23,24)13-26-20(29)15-8-4-5-9-16(15)27-18(28)10-11-19-25-12-17(30-19)14-6-2-1-3-7-14/h1-9,12H,10-11,13H2,(H,26,29)(H,27,28). The predicted octanol–water partition coefficient (Wildman–Crippen LogP) is 4.21. The van der Waals surface area contributed by atoms with Gasteiger partial charge in [-0.2, -0.15) is 13.2 Å². The van der Waals surface area contributed by atoms with Crippen molar-refractivity contribution in [3.63, 3.8) is 0 Å². The normalized spacial score (nSPS) is 11.2. The molecule has 156 valence electrons. The van der Waals surface area contributed by atoms with Gasteiger partial charge in [0.15, 0.2) is 11.7 Å². The van der Waals surface area contributed by atoms with E-state index in [1.807, 2.05) is 30.3 Å². The number of nitrogens with zero attached hydrogens (tertiary/aromatic N) is 1. The molecule has 0 aliphatic carbocycles. The second kappa shape index (κ2) is 9.25. The molecule has 2 amide bonds. The smallest absolute Gasteiger partial charge is 0.405 e. The Morgan fingerprint density at radius 1 is 1.00 bits per heavy atom. The number of halogens is 3. The number of amides is 2. The number of hydrogen-bond donors (Lipinski definition) is 2. The highest BCUT2D eigenvalue weighted by molar-refractivity contribution is 6.03. The highest BCUT2D eigenvalue weighted by Crippen LogP contribution is 2.21. The van der Waals surface area contributed by atoms with Crippen LogP contribution < -0.4 is 10.6 Å². The lowest BCUT2D eigenvalue weighted by molar-refractivity contribution is -0.123. The first-order valence-electron chi connectivity index (χ1n) is 9.06. The molecular weight excluding hydrogens is 399 g/mol. The molecule has 0 aliphatic heterocycles. The number of oxazole rings is 1. The quantitative estimate of drug-likeness (QED) is 0.603. The number of aryl methyl sites for hydroxylation is 1. The van der Waals surface area contributed by atoms with Crippen LogP contribution in [0.1, 0.15) is 22.7 Å². The molecule has 0 saturated carbocycles. The van der Waals surface area contributed by atoms with Crippen LogP contribution in [0, 0.1) is 0 Å². The van der Waals surface area contributed by atoms with Crippen LogP contribution in [0.2, 0.25) is 0 Å². The van der Waals surface area contributed by atoms with Crippen LogP contribution in [-0.4, -0.2) is 29.5 Å². The van der Waals surface area contributed by atoms with E-state index in [0.29, 0.717) is 11.7 Å². The summed E-state index contributed by atoms with van der Waals surface area (Å²) in [7, 11) is 0.